The second-order valence-corrected chi connectivity index (χ2v) is 15.7. The van der Waals surface area contributed by atoms with E-state index in [-0.39, 0.29) is 0 Å². The maximum atomic E-state index is 4.24. The number of hydrogen-bond acceptors (Lipinski definition) is 5. The monoisotopic (exact) mass is 785 g/mol. The van der Waals surface area contributed by atoms with Crippen molar-refractivity contribution in [3.63, 3.8) is 0 Å². The predicted molar refractivity (Wildman–Crippen MR) is 256 cm³/mol. The molecule has 10 rings (SSSR count). The molecule has 0 aliphatic heterocycles. The van der Waals surface area contributed by atoms with Gasteiger partial charge in [0.25, 0.3) is 0 Å². The quantitative estimate of drug-likeness (QED) is 0.153. The Hall–Kier alpha value is -6.85. The highest BCUT2D eigenvalue weighted by Crippen LogP contribution is 2.22. The van der Waals surface area contributed by atoms with Crippen molar-refractivity contribution in [3.8, 4) is 0 Å². The maximum absolute atomic E-state index is 4.24. The van der Waals surface area contributed by atoms with Crippen LogP contribution in [-0.2, 0) is 0 Å². The molecule has 5 aromatic heterocycles. The van der Waals surface area contributed by atoms with Crippen LogP contribution in [0.25, 0.3) is 53.9 Å². The lowest BCUT2D eigenvalue weighted by molar-refractivity contribution is 1.22. The first-order valence-electron chi connectivity index (χ1n) is 20.4. The Kier molecular flexibility index (Phi) is 14.1. The number of nitrogens with zero attached hydrogens (tertiary/aromatic N) is 5. The van der Waals surface area contributed by atoms with Crippen molar-refractivity contribution in [3.05, 3.63) is 209 Å². The van der Waals surface area contributed by atoms with Gasteiger partial charge in [-0.1, -0.05) is 83.4 Å². The van der Waals surface area contributed by atoms with E-state index in [2.05, 4.69) is 171 Å². The fourth-order valence-corrected chi connectivity index (χ4v) is 7.17. The lowest BCUT2D eigenvalue weighted by Gasteiger charge is -2.03. The van der Waals surface area contributed by atoms with Gasteiger partial charge >= 0.3 is 0 Å². The van der Waals surface area contributed by atoms with Gasteiger partial charge in [0.1, 0.15) is 0 Å². The summed E-state index contributed by atoms with van der Waals surface area (Å²) in [5.41, 5.74) is 12.7. The highest BCUT2D eigenvalue weighted by Gasteiger charge is 2.00. The Morgan fingerprint density at radius 3 is 1.62 bits per heavy atom. The van der Waals surface area contributed by atoms with Gasteiger partial charge in [0.2, 0.25) is 0 Å². The average molecular weight is 786 g/mol. The van der Waals surface area contributed by atoms with Crippen LogP contribution in [0, 0.1) is 69.2 Å². The van der Waals surface area contributed by atoms with Gasteiger partial charge < -0.3 is 0 Å². The van der Waals surface area contributed by atoms with E-state index < -0.39 is 0 Å². The van der Waals surface area contributed by atoms with Crippen molar-refractivity contribution in [1.29, 1.82) is 0 Å². The van der Waals surface area contributed by atoms with Crippen molar-refractivity contribution >= 4 is 53.9 Å². The first kappa shape index (κ1) is 42.7. The molecule has 300 valence electrons. The van der Waals surface area contributed by atoms with Crippen LogP contribution in [0.1, 0.15) is 55.9 Å². The van der Waals surface area contributed by atoms with E-state index in [0.29, 0.717) is 0 Å². The largest absolute Gasteiger partial charge is 0.264 e. The molecule has 0 fully saturated rings. The Bertz CT molecular complexity index is 2940. The predicted octanol–water partition coefficient (Wildman–Crippen LogP) is 14.3. The van der Waals surface area contributed by atoms with Crippen LogP contribution < -0.4 is 0 Å². The third kappa shape index (κ3) is 11.0. The molecule has 5 nitrogen and oxygen atoms in total. The molecule has 10 aromatic rings. The van der Waals surface area contributed by atoms with E-state index in [1.807, 2.05) is 75.6 Å². The van der Waals surface area contributed by atoms with Crippen molar-refractivity contribution in [2.45, 2.75) is 69.2 Å². The molecule has 0 amide bonds. The SMILES string of the molecule is Cc1cc(C)c2cnccc2c1.Cc1cc2ccncc2cc1C.Cc1ccc2c(C)nccc2c1.Cc1ccc2ccncc2c1C.Cc1ccc2cnc(C)cc2c1. The lowest BCUT2D eigenvalue weighted by atomic mass is 10.0. The zero-order valence-electron chi connectivity index (χ0n) is 36.7. The standard InChI is InChI=1S/5C11H11N/c1-8-5-10-3-4-12-7-11(10)6-9(8)2;1-8-5-9(2)11-7-12-4-3-10(11)6-8;1-8-3-4-10-7-12-9(2)6-11(10)5-8;1-8-3-4-10-5-6-12-7-11(10)9(8)2;1-8-3-4-11-9(2)12-6-5-10(11)7-8/h5*3-7H,1-2H3. The van der Waals surface area contributed by atoms with Crippen molar-refractivity contribution in [2.75, 3.05) is 0 Å². The summed E-state index contributed by atoms with van der Waals surface area (Å²) in [5.74, 6) is 0. The van der Waals surface area contributed by atoms with Crippen molar-refractivity contribution < 1.29 is 0 Å². The molecular weight excluding hydrogens is 731 g/mol. The lowest BCUT2D eigenvalue weighted by Crippen LogP contribution is -1.83. The number of benzene rings is 5. The number of aryl methyl sites for hydroxylation is 10. The molecule has 5 heteroatoms. The Labute approximate surface area is 355 Å². The molecule has 0 aliphatic rings. The van der Waals surface area contributed by atoms with E-state index in [1.165, 1.54) is 98.4 Å². The highest BCUT2D eigenvalue weighted by atomic mass is 14.7. The third-order valence-corrected chi connectivity index (χ3v) is 10.9. The summed E-state index contributed by atoms with van der Waals surface area (Å²) in [5, 5.41) is 12.6. The van der Waals surface area contributed by atoms with E-state index in [4.69, 9.17) is 0 Å². The van der Waals surface area contributed by atoms with Gasteiger partial charge in [0, 0.05) is 87.9 Å². The molecule has 0 unspecified atom stereocenters. The Morgan fingerprint density at radius 2 is 0.867 bits per heavy atom. The molecule has 5 aromatic carbocycles. The second-order valence-electron chi connectivity index (χ2n) is 15.7. The average Bonchev–Trinajstić information content (AvgIpc) is 3.23. The van der Waals surface area contributed by atoms with Gasteiger partial charge in [-0.15, -0.1) is 0 Å². The van der Waals surface area contributed by atoms with Crippen LogP contribution in [0.15, 0.2) is 153 Å². The molecule has 0 aliphatic carbocycles. The fraction of sp³-hybridized carbons (Fsp3) is 0.182. The van der Waals surface area contributed by atoms with Crippen LogP contribution >= 0.6 is 0 Å². The molecule has 0 saturated heterocycles. The Balaban J connectivity index is 0.000000126. The van der Waals surface area contributed by atoms with Crippen LogP contribution in [0.5, 0.6) is 0 Å². The molecular formula is C55H55N5. The minimum Gasteiger partial charge on any atom is -0.264 e. The zero-order chi connectivity index (χ0) is 42.8. The van der Waals surface area contributed by atoms with Crippen molar-refractivity contribution in [1.82, 2.24) is 24.9 Å². The molecule has 0 N–H and O–H groups in total. The first-order valence-corrected chi connectivity index (χ1v) is 20.4. The van der Waals surface area contributed by atoms with E-state index in [9.17, 15) is 0 Å². The number of hydrogen-bond donors (Lipinski definition) is 0. The van der Waals surface area contributed by atoms with Gasteiger partial charge in [0.05, 0.1) is 0 Å². The number of fused-ring (bicyclic) bond motifs is 5. The van der Waals surface area contributed by atoms with Gasteiger partial charge in [-0.3, -0.25) is 24.9 Å². The molecule has 5 heterocycles. The molecule has 0 atom stereocenters. The summed E-state index contributed by atoms with van der Waals surface area (Å²) >= 11 is 0. The molecule has 0 saturated carbocycles. The molecule has 0 radical (unpaired) electrons. The van der Waals surface area contributed by atoms with Gasteiger partial charge in [-0.2, -0.15) is 0 Å². The fourth-order valence-electron chi connectivity index (χ4n) is 7.17. The summed E-state index contributed by atoms with van der Waals surface area (Å²) in [4.78, 5) is 20.8. The molecule has 60 heavy (non-hydrogen) atoms. The van der Waals surface area contributed by atoms with Crippen molar-refractivity contribution in [2.24, 2.45) is 0 Å². The van der Waals surface area contributed by atoms with Crippen LogP contribution in [0.3, 0.4) is 0 Å². The highest BCUT2D eigenvalue weighted by molar-refractivity contribution is 5.87. The van der Waals surface area contributed by atoms with Crippen LogP contribution in [0.4, 0.5) is 0 Å². The topological polar surface area (TPSA) is 64.5 Å². The van der Waals surface area contributed by atoms with Gasteiger partial charge in [0.15, 0.2) is 0 Å². The number of rotatable bonds is 0. The maximum Gasteiger partial charge on any atom is 0.0450 e. The summed E-state index contributed by atoms with van der Waals surface area (Å²) in [6, 6.07) is 36.2. The summed E-state index contributed by atoms with van der Waals surface area (Å²) in [6.07, 6.45) is 15.0. The van der Waals surface area contributed by atoms with E-state index in [1.54, 1.807) is 0 Å². The third-order valence-electron chi connectivity index (χ3n) is 10.9. The van der Waals surface area contributed by atoms with Gasteiger partial charge in [-0.25, -0.2) is 0 Å². The van der Waals surface area contributed by atoms with Crippen LogP contribution in [-0.4, -0.2) is 24.9 Å². The Morgan fingerprint density at radius 1 is 0.300 bits per heavy atom. The van der Waals surface area contributed by atoms with Crippen LogP contribution in [0.2, 0.25) is 0 Å². The summed E-state index contributed by atoms with van der Waals surface area (Å²) in [7, 11) is 0. The first-order chi connectivity index (χ1) is 28.9. The summed E-state index contributed by atoms with van der Waals surface area (Å²) in [6.45, 7) is 21.0. The number of aromatic nitrogens is 5. The summed E-state index contributed by atoms with van der Waals surface area (Å²) < 4.78 is 0. The van der Waals surface area contributed by atoms with Gasteiger partial charge in [-0.05, 0) is 160 Å². The smallest absolute Gasteiger partial charge is 0.0450 e. The van der Waals surface area contributed by atoms with E-state index in [0.717, 1.165) is 11.4 Å². The minimum atomic E-state index is 1.08. The number of pyridine rings is 5. The zero-order valence-corrected chi connectivity index (χ0v) is 36.7. The minimum absolute atomic E-state index is 1.08. The molecule has 0 bridgehead atoms. The normalized spacial score (nSPS) is 10.5. The molecule has 0 spiro atoms. The second kappa shape index (κ2) is 19.7. The van der Waals surface area contributed by atoms with E-state index >= 15 is 0 Å².